The predicted octanol–water partition coefficient (Wildman–Crippen LogP) is 1.38. The molecule has 8 heavy (non-hydrogen) atoms. The first-order valence-corrected chi connectivity index (χ1v) is 3.53. The van der Waals surface area contributed by atoms with Gasteiger partial charge in [0.25, 0.3) is 0 Å². The Hall–Kier alpha value is -0.0400. The molecule has 0 radical (unpaired) electrons. The molecule has 0 saturated heterocycles. The highest BCUT2D eigenvalue weighted by atomic mass is 14.5. The van der Waals surface area contributed by atoms with E-state index in [1.54, 1.807) is 0 Å². The summed E-state index contributed by atoms with van der Waals surface area (Å²) < 4.78 is 0. The molecule has 1 unspecified atom stereocenters. The van der Waals surface area contributed by atoms with E-state index in [-0.39, 0.29) is 0 Å². The molecule has 0 bridgehead atoms. The van der Waals surface area contributed by atoms with Gasteiger partial charge in [0.05, 0.1) is 0 Å². The van der Waals surface area contributed by atoms with Crippen LogP contribution in [0, 0.1) is 11.8 Å². The van der Waals surface area contributed by atoms with E-state index in [1.165, 1.54) is 19.3 Å². The van der Waals surface area contributed by atoms with Crippen molar-refractivity contribution in [1.29, 1.82) is 0 Å². The minimum absolute atomic E-state index is 0.766. The lowest BCUT2D eigenvalue weighted by molar-refractivity contribution is 0.507. The Kier molecular flexibility index (Phi) is 1.90. The predicted molar refractivity (Wildman–Crippen MR) is 35.6 cm³/mol. The summed E-state index contributed by atoms with van der Waals surface area (Å²) in [5.74, 6) is 1.82. The zero-order chi connectivity index (χ0) is 5.98. The maximum absolute atomic E-state index is 5.45. The van der Waals surface area contributed by atoms with Crippen LogP contribution >= 0.6 is 0 Å². The fourth-order valence-corrected chi connectivity index (χ4v) is 1.02. The van der Waals surface area contributed by atoms with Gasteiger partial charge in [0, 0.05) is 0 Å². The number of hydrogen-bond acceptors (Lipinski definition) is 1. The largest absolute Gasteiger partial charge is 0.330 e. The van der Waals surface area contributed by atoms with Crippen LogP contribution in [-0.4, -0.2) is 6.54 Å². The molecule has 0 amide bonds. The van der Waals surface area contributed by atoms with E-state index < -0.39 is 0 Å². The molecule has 1 atom stereocenters. The van der Waals surface area contributed by atoms with Gasteiger partial charge in [-0.1, -0.05) is 19.8 Å². The van der Waals surface area contributed by atoms with E-state index in [0.29, 0.717) is 0 Å². The van der Waals surface area contributed by atoms with Gasteiger partial charge < -0.3 is 5.73 Å². The van der Waals surface area contributed by atoms with Crippen LogP contribution in [0.4, 0.5) is 0 Å². The van der Waals surface area contributed by atoms with Crippen molar-refractivity contribution in [3.8, 4) is 0 Å². The highest BCUT2D eigenvalue weighted by Gasteiger charge is 2.22. The van der Waals surface area contributed by atoms with Gasteiger partial charge >= 0.3 is 0 Å². The zero-order valence-electron chi connectivity index (χ0n) is 5.56. The lowest BCUT2D eigenvalue weighted by atomic mass is 10.1. The van der Waals surface area contributed by atoms with Gasteiger partial charge in [-0.15, -0.1) is 0 Å². The highest BCUT2D eigenvalue weighted by molar-refractivity contribution is 4.75. The Bertz CT molecular complexity index is 66.8. The Morgan fingerprint density at radius 1 is 1.62 bits per heavy atom. The van der Waals surface area contributed by atoms with Crippen LogP contribution in [-0.2, 0) is 0 Å². The lowest BCUT2D eigenvalue weighted by Crippen LogP contribution is -2.10. The van der Waals surface area contributed by atoms with E-state index in [2.05, 4.69) is 6.92 Å². The van der Waals surface area contributed by atoms with Crippen LogP contribution < -0.4 is 5.73 Å². The van der Waals surface area contributed by atoms with Crippen LogP contribution in [0.1, 0.15) is 26.2 Å². The van der Waals surface area contributed by atoms with Gasteiger partial charge in [0.2, 0.25) is 0 Å². The van der Waals surface area contributed by atoms with Crippen molar-refractivity contribution in [2.75, 3.05) is 6.54 Å². The minimum Gasteiger partial charge on any atom is -0.330 e. The van der Waals surface area contributed by atoms with Crippen molar-refractivity contribution in [2.24, 2.45) is 17.6 Å². The average molecular weight is 113 g/mol. The number of nitrogens with two attached hydrogens (primary N) is 1. The lowest BCUT2D eigenvalue weighted by Gasteiger charge is -2.04. The number of rotatable bonds is 3. The van der Waals surface area contributed by atoms with E-state index in [9.17, 15) is 0 Å². The minimum atomic E-state index is 0.766. The molecule has 0 aromatic heterocycles. The summed E-state index contributed by atoms with van der Waals surface area (Å²) >= 11 is 0. The summed E-state index contributed by atoms with van der Waals surface area (Å²) in [6, 6.07) is 0. The molecule has 48 valence electrons. The molecule has 0 aromatic carbocycles. The molecule has 1 aliphatic carbocycles. The molecule has 0 aromatic rings. The molecule has 1 fully saturated rings. The first kappa shape index (κ1) is 6.09. The van der Waals surface area contributed by atoms with Crippen LogP contribution in [0.15, 0.2) is 0 Å². The summed E-state index contributed by atoms with van der Waals surface area (Å²) in [5.41, 5.74) is 5.45. The molecule has 0 spiro atoms. The quantitative estimate of drug-likeness (QED) is 0.588. The second kappa shape index (κ2) is 2.49. The molecular weight excluding hydrogens is 98.1 g/mol. The van der Waals surface area contributed by atoms with E-state index in [0.717, 1.165) is 18.4 Å². The summed E-state index contributed by atoms with van der Waals surface area (Å²) in [7, 11) is 0. The SMILES string of the molecule is CC(CN)CC1CC1. The molecule has 2 N–H and O–H groups in total. The standard InChI is InChI=1S/C7H15N/c1-6(5-8)4-7-2-3-7/h6-7H,2-5,8H2,1H3. The Balaban J connectivity index is 1.98. The normalized spacial score (nSPS) is 23.2. The molecular formula is C7H15N. The van der Waals surface area contributed by atoms with Gasteiger partial charge in [0.15, 0.2) is 0 Å². The van der Waals surface area contributed by atoms with Crippen molar-refractivity contribution in [1.82, 2.24) is 0 Å². The summed E-state index contributed by atoms with van der Waals surface area (Å²) in [5, 5.41) is 0. The fraction of sp³-hybridized carbons (Fsp3) is 1.00. The second-order valence-corrected chi connectivity index (χ2v) is 3.02. The third-order valence-electron chi connectivity index (χ3n) is 1.83. The molecule has 0 heterocycles. The third-order valence-corrected chi connectivity index (χ3v) is 1.83. The van der Waals surface area contributed by atoms with Crippen molar-refractivity contribution in [3.05, 3.63) is 0 Å². The van der Waals surface area contributed by atoms with Crippen LogP contribution in [0.2, 0.25) is 0 Å². The molecule has 1 nitrogen and oxygen atoms in total. The molecule has 1 heteroatoms. The summed E-state index contributed by atoms with van der Waals surface area (Å²) in [6.07, 6.45) is 4.30. The van der Waals surface area contributed by atoms with Gasteiger partial charge in [0.1, 0.15) is 0 Å². The van der Waals surface area contributed by atoms with Crippen molar-refractivity contribution >= 4 is 0 Å². The van der Waals surface area contributed by atoms with E-state index in [1.807, 2.05) is 0 Å². The smallest absolute Gasteiger partial charge is 0.00514 e. The maximum atomic E-state index is 5.45. The highest BCUT2D eigenvalue weighted by Crippen LogP contribution is 2.34. The van der Waals surface area contributed by atoms with Crippen molar-refractivity contribution in [3.63, 3.8) is 0 Å². The molecule has 0 aliphatic heterocycles. The van der Waals surface area contributed by atoms with Crippen LogP contribution in [0.3, 0.4) is 0 Å². The van der Waals surface area contributed by atoms with Crippen molar-refractivity contribution < 1.29 is 0 Å². The second-order valence-electron chi connectivity index (χ2n) is 3.02. The monoisotopic (exact) mass is 113 g/mol. The average Bonchev–Trinajstić information content (AvgIpc) is 2.50. The summed E-state index contributed by atoms with van der Waals surface area (Å²) in [4.78, 5) is 0. The number of hydrogen-bond donors (Lipinski definition) is 1. The molecule has 1 saturated carbocycles. The molecule has 1 aliphatic rings. The third kappa shape index (κ3) is 1.83. The Labute approximate surface area is 51.3 Å². The topological polar surface area (TPSA) is 26.0 Å². The van der Waals surface area contributed by atoms with Gasteiger partial charge in [-0.2, -0.15) is 0 Å². The molecule has 1 rings (SSSR count). The Morgan fingerprint density at radius 2 is 2.25 bits per heavy atom. The van der Waals surface area contributed by atoms with Crippen molar-refractivity contribution in [2.45, 2.75) is 26.2 Å². The van der Waals surface area contributed by atoms with Gasteiger partial charge in [-0.05, 0) is 24.8 Å². The Morgan fingerprint density at radius 3 is 2.62 bits per heavy atom. The first-order valence-electron chi connectivity index (χ1n) is 3.53. The van der Waals surface area contributed by atoms with Gasteiger partial charge in [-0.3, -0.25) is 0 Å². The first-order chi connectivity index (χ1) is 3.83. The van der Waals surface area contributed by atoms with Crippen LogP contribution in [0.5, 0.6) is 0 Å². The fourth-order valence-electron chi connectivity index (χ4n) is 1.02. The van der Waals surface area contributed by atoms with E-state index >= 15 is 0 Å². The van der Waals surface area contributed by atoms with Crippen LogP contribution in [0.25, 0.3) is 0 Å². The van der Waals surface area contributed by atoms with Gasteiger partial charge in [-0.25, -0.2) is 0 Å². The maximum Gasteiger partial charge on any atom is -0.00514 e. The zero-order valence-corrected chi connectivity index (χ0v) is 5.56. The van der Waals surface area contributed by atoms with E-state index in [4.69, 9.17) is 5.73 Å². The summed E-state index contributed by atoms with van der Waals surface area (Å²) in [6.45, 7) is 3.11.